The minimum absolute atomic E-state index is 0.181. The van der Waals surface area contributed by atoms with E-state index in [1.807, 2.05) is 11.4 Å². The van der Waals surface area contributed by atoms with Gasteiger partial charge in [-0.3, -0.25) is 4.79 Å². The fourth-order valence-electron chi connectivity index (χ4n) is 1.39. The number of hydrogen-bond acceptors (Lipinski definition) is 3. The zero-order chi connectivity index (χ0) is 12.4. The lowest BCUT2D eigenvalue weighted by Crippen LogP contribution is -2.25. The molecular weight excluding hydrogens is 326 g/mol. The summed E-state index contributed by atoms with van der Waals surface area (Å²) in [5.41, 5.74) is 1.08. The maximum Gasteiger partial charge on any atom is 0.289 e. The molecule has 2 rings (SSSR count). The minimum Gasteiger partial charge on any atom is -0.440 e. The molecule has 0 saturated heterocycles. The molecule has 0 aliphatic carbocycles. The Labute approximate surface area is 116 Å². The van der Waals surface area contributed by atoms with Crippen LogP contribution in [0.3, 0.4) is 0 Å². The highest BCUT2D eigenvalue weighted by Crippen LogP contribution is 2.22. The van der Waals surface area contributed by atoms with Crippen LogP contribution in [0.1, 0.15) is 16.1 Å². The van der Waals surface area contributed by atoms with Gasteiger partial charge in [0.05, 0.1) is 3.79 Å². The lowest BCUT2D eigenvalue weighted by atomic mass is 10.3. The van der Waals surface area contributed by atoms with Gasteiger partial charge in [0.15, 0.2) is 11.0 Å². The zero-order valence-corrected chi connectivity index (χ0v) is 12.1. The van der Waals surface area contributed by atoms with Crippen molar-refractivity contribution in [2.45, 2.75) is 6.54 Å². The number of furan rings is 1. The Kier molecular flexibility index (Phi) is 3.91. The van der Waals surface area contributed by atoms with E-state index in [2.05, 4.69) is 15.9 Å². The SMILES string of the molecule is CN(Cc1csc(Br)c1)C(=O)c1ccc(Cl)o1. The predicted octanol–water partition coefficient (Wildman–Crippen LogP) is 4.03. The smallest absolute Gasteiger partial charge is 0.289 e. The maximum atomic E-state index is 11.9. The van der Waals surface area contributed by atoms with Crippen LogP contribution in [0.5, 0.6) is 0 Å². The van der Waals surface area contributed by atoms with E-state index in [4.69, 9.17) is 16.0 Å². The minimum atomic E-state index is -0.181. The molecule has 0 bridgehead atoms. The molecule has 0 fully saturated rings. The molecule has 0 unspecified atom stereocenters. The highest BCUT2D eigenvalue weighted by Gasteiger charge is 2.16. The number of carbonyl (C=O) groups is 1. The average Bonchev–Trinajstić information content (AvgIpc) is 2.87. The third-order valence-electron chi connectivity index (χ3n) is 2.17. The number of carbonyl (C=O) groups excluding carboxylic acids is 1. The Morgan fingerprint density at radius 3 is 2.88 bits per heavy atom. The zero-order valence-electron chi connectivity index (χ0n) is 8.94. The number of hydrogen-bond donors (Lipinski definition) is 0. The second kappa shape index (κ2) is 5.25. The molecule has 0 spiro atoms. The summed E-state index contributed by atoms with van der Waals surface area (Å²) < 4.78 is 6.13. The molecule has 0 saturated carbocycles. The first kappa shape index (κ1) is 12.7. The molecule has 2 aromatic heterocycles. The molecule has 0 aliphatic heterocycles. The lowest BCUT2D eigenvalue weighted by molar-refractivity contribution is 0.0753. The number of amides is 1. The van der Waals surface area contributed by atoms with Crippen molar-refractivity contribution in [3.8, 4) is 0 Å². The monoisotopic (exact) mass is 333 g/mol. The number of halogens is 2. The standard InChI is InChI=1S/C11H9BrClNO2S/c1-14(5-7-4-9(12)17-6-7)11(15)8-2-3-10(13)16-8/h2-4,6H,5H2,1H3. The van der Waals surface area contributed by atoms with Gasteiger partial charge in [0.1, 0.15) is 0 Å². The Morgan fingerprint density at radius 2 is 2.35 bits per heavy atom. The fraction of sp³-hybridized carbons (Fsp3) is 0.182. The molecular formula is C11H9BrClNO2S. The van der Waals surface area contributed by atoms with Crippen molar-refractivity contribution in [3.05, 3.63) is 43.9 Å². The third-order valence-corrected chi connectivity index (χ3v) is 3.93. The quantitative estimate of drug-likeness (QED) is 0.849. The summed E-state index contributed by atoms with van der Waals surface area (Å²) >= 11 is 10.6. The normalized spacial score (nSPS) is 10.5. The molecule has 0 N–H and O–H groups in total. The summed E-state index contributed by atoms with van der Waals surface area (Å²) in [4.78, 5) is 13.5. The molecule has 3 nitrogen and oxygen atoms in total. The van der Waals surface area contributed by atoms with Crippen LogP contribution in [0.15, 0.2) is 31.8 Å². The van der Waals surface area contributed by atoms with Crippen LogP contribution in [-0.2, 0) is 6.54 Å². The molecule has 90 valence electrons. The van der Waals surface area contributed by atoms with E-state index in [0.717, 1.165) is 9.35 Å². The highest BCUT2D eigenvalue weighted by molar-refractivity contribution is 9.11. The molecule has 0 aromatic carbocycles. The van der Waals surface area contributed by atoms with Gasteiger partial charge in [-0.25, -0.2) is 0 Å². The van der Waals surface area contributed by atoms with E-state index in [-0.39, 0.29) is 16.9 Å². The van der Waals surface area contributed by atoms with E-state index >= 15 is 0 Å². The Morgan fingerprint density at radius 1 is 1.59 bits per heavy atom. The highest BCUT2D eigenvalue weighted by atomic mass is 79.9. The first-order chi connectivity index (χ1) is 8.06. The van der Waals surface area contributed by atoms with Crippen LogP contribution in [0.2, 0.25) is 5.22 Å². The number of rotatable bonds is 3. The lowest BCUT2D eigenvalue weighted by Gasteiger charge is -2.14. The molecule has 6 heteroatoms. The van der Waals surface area contributed by atoms with Crippen molar-refractivity contribution < 1.29 is 9.21 Å². The summed E-state index contributed by atoms with van der Waals surface area (Å²) in [7, 11) is 1.73. The van der Waals surface area contributed by atoms with Gasteiger partial charge in [-0.05, 0) is 56.7 Å². The number of thiophene rings is 1. The van der Waals surface area contributed by atoms with Crippen LogP contribution in [0, 0.1) is 0 Å². The molecule has 0 atom stereocenters. The first-order valence-corrected chi connectivity index (χ1v) is 6.85. The summed E-state index contributed by atoms with van der Waals surface area (Å²) in [6.07, 6.45) is 0. The molecule has 1 amide bonds. The van der Waals surface area contributed by atoms with Crippen LogP contribution in [-0.4, -0.2) is 17.9 Å². The van der Waals surface area contributed by atoms with Gasteiger partial charge in [0.25, 0.3) is 5.91 Å². The Balaban J connectivity index is 2.05. The van der Waals surface area contributed by atoms with Crippen molar-refractivity contribution in [2.24, 2.45) is 0 Å². The van der Waals surface area contributed by atoms with Gasteiger partial charge in [-0.15, -0.1) is 11.3 Å². The van der Waals surface area contributed by atoms with Crippen molar-refractivity contribution in [3.63, 3.8) is 0 Å². The van der Waals surface area contributed by atoms with E-state index < -0.39 is 0 Å². The van der Waals surface area contributed by atoms with Gasteiger partial charge in [-0.2, -0.15) is 0 Å². The van der Waals surface area contributed by atoms with Gasteiger partial charge < -0.3 is 9.32 Å². The third kappa shape index (κ3) is 3.12. The molecule has 2 heterocycles. The summed E-state index contributed by atoms with van der Waals surface area (Å²) in [5.74, 6) is 0.0750. The van der Waals surface area contributed by atoms with Crippen molar-refractivity contribution in [1.82, 2.24) is 4.90 Å². The van der Waals surface area contributed by atoms with Crippen molar-refractivity contribution in [2.75, 3.05) is 7.05 Å². The Hall–Kier alpha value is -0.780. The molecule has 0 aliphatic rings. The first-order valence-electron chi connectivity index (χ1n) is 4.80. The summed E-state index contributed by atoms with van der Waals surface area (Å²) in [5, 5.41) is 2.23. The summed E-state index contributed by atoms with van der Waals surface area (Å²) in [6, 6.07) is 5.12. The second-order valence-electron chi connectivity index (χ2n) is 3.52. The molecule has 17 heavy (non-hydrogen) atoms. The van der Waals surface area contributed by atoms with Crippen molar-refractivity contribution in [1.29, 1.82) is 0 Å². The van der Waals surface area contributed by atoms with Gasteiger partial charge >= 0.3 is 0 Å². The molecule has 2 aromatic rings. The fourth-order valence-corrected chi connectivity index (χ4v) is 2.74. The van der Waals surface area contributed by atoms with Crippen LogP contribution >= 0.6 is 38.9 Å². The number of nitrogens with zero attached hydrogens (tertiary/aromatic N) is 1. The van der Waals surface area contributed by atoms with Crippen LogP contribution in [0.4, 0.5) is 0 Å². The van der Waals surface area contributed by atoms with E-state index in [1.54, 1.807) is 35.4 Å². The largest absolute Gasteiger partial charge is 0.440 e. The van der Waals surface area contributed by atoms with Crippen LogP contribution in [0.25, 0.3) is 0 Å². The second-order valence-corrected chi connectivity index (χ2v) is 6.19. The van der Waals surface area contributed by atoms with E-state index in [1.165, 1.54) is 0 Å². The van der Waals surface area contributed by atoms with Gasteiger partial charge in [-0.1, -0.05) is 0 Å². The van der Waals surface area contributed by atoms with E-state index in [9.17, 15) is 4.79 Å². The molecule has 0 radical (unpaired) electrons. The Bertz CT molecular complexity index is 537. The van der Waals surface area contributed by atoms with Gasteiger partial charge in [0, 0.05) is 13.6 Å². The maximum absolute atomic E-state index is 11.9. The van der Waals surface area contributed by atoms with E-state index in [0.29, 0.717) is 6.54 Å². The average molecular weight is 335 g/mol. The topological polar surface area (TPSA) is 33.5 Å². The van der Waals surface area contributed by atoms with Gasteiger partial charge in [0.2, 0.25) is 0 Å². The van der Waals surface area contributed by atoms with Crippen molar-refractivity contribution >= 4 is 44.8 Å². The summed E-state index contributed by atoms with van der Waals surface area (Å²) in [6.45, 7) is 0.541. The van der Waals surface area contributed by atoms with Crippen LogP contribution < -0.4 is 0 Å². The predicted molar refractivity (Wildman–Crippen MR) is 71.5 cm³/mol.